The van der Waals surface area contributed by atoms with Gasteiger partial charge in [-0.2, -0.15) is 0 Å². The fourth-order valence-electron chi connectivity index (χ4n) is 4.86. The number of aromatic nitrogens is 3. The molecule has 0 bridgehead atoms. The van der Waals surface area contributed by atoms with E-state index in [-0.39, 0.29) is 11.3 Å². The number of ether oxygens (including phenoxy) is 1. The van der Waals surface area contributed by atoms with Gasteiger partial charge in [-0.05, 0) is 32.1 Å². The zero-order valence-corrected chi connectivity index (χ0v) is 14.9. The first-order valence-corrected chi connectivity index (χ1v) is 9.03. The van der Waals surface area contributed by atoms with Gasteiger partial charge in [0, 0.05) is 45.8 Å². The lowest BCUT2D eigenvalue weighted by molar-refractivity contribution is -0.152. The van der Waals surface area contributed by atoms with Crippen molar-refractivity contribution >= 4 is 11.9 Å². The number of methoxy groups -OCH3 is 1. The van der Waals surface area contributed by atoms with Crippen LogP contribution in [0.25, 0.3) is 0 Å². The summed E-state index contributed by atoms with van der Waals surface area (Å²) in [6.07, 6.45) is 7.27. The van der Waals surface area contributed by atoms with Gasteiger partial charge in [-0.1, -0.05) is 6.42 Å². The third-order valence-corrected chi connectivity index (χ3v) is 6.53. The van der Waals surface area contributed by atoms with Gasteiger partial charge in [0.1, 0.15) is 0 Å². The van der Waals surface area contributed by atoms with Crippen LogP contribution in [0.3, 0.4) is 0 Å². The Balaban J connectivity index is 1.53. The maximum absolute atomic E-state index is 12.6. The number of likely N-dealkylation sites (tertiary alicyclic amines) is 1. The Morgan fingerprint density at radius 3 is 2.54 bits per heavy atom. The van der Waals surface area contributed by atoms with Gasteiger partial charge in [0.05, 0.1) is 6.10 Å². The summed E-state index contributed by atoms with van der Waals surface area (Å²) in [6, 6.07) is 0.425. The molecule has 2 atom stereocenters. The third kappa shape index (κ3) is 2.10. The van der Waals surface area contributed by atoms with Crippen molar-refractivity contribution < 1.29 is 9.53 Å². The first-order chi connectivity index (χ1) is 11.6. The van der Waals surface area contributed by atoms with Crippen LogP contribution in [0.2, 0.25) is 0 Å². The van der Waals surface area contributed by atoms with Gasteiger partial charge in [0.25, 0.3) is 5.91 Å². The van der Waals surface area contributed by atoms with Crippen LogP contribution in [0.1, 0.15) is 49.1 Å². The molecule has 3 fully saturated rings. The quantitative estimate of drug-likeness (QED) is 0.834. The second kappa shape index (κ2) is 5.72. The van der Waals surface area contributed by atoms with E-state index < -0.39 is 0 Å². The Kier molecular flexibility index (Phi) is 3.78. The van der Waals surface area contributed by atoms with E-state index in [1.807, 2.05) is 23.6 Å². The Morgan fingerprint density at radius 1 is 1.25 bits per heavy atom. The van der Waals surface area contributed by atoms with Crippen molar-refractivity contribution in [2.75, 3.05) is 32.1 Å². The summed E-state index contributed by atoms with van der Waals surface area (Å²) in [7, 11) is 5.79. The van der Waals surface area contributed by atoms with Crippen LogP contribution in [0.5, 0.6) is 0 Å². The summed E-state index contributed by atoms with van der Waals surface area (Å²) in [5, 5.41) is 8.54. The number of carbonyl (C=O) groups is 1. The van der Waals surface area contributed by atoms with Crippen molar-refractivity contribution in [2.45, 2.75) is 50.7 Å². The van der Waals surface area contributed by atoms with Crippen molar-refractivity contribution in [1.29, 1.82) is 0 Å². The molecule has 0 radical (unpaired) electrons. The zero-order chi connectivity index (χ0) is 16.9. The molecule has 1 saturated heterocycles. The van der Waals surface area contributed by atoms with Crippen LogP contribution in [0, 0.1) is 5.41 Å². The second-order valence-corrected chi connectivity index (χ2v) is 7.56. The highest BCUT2D eigenvalue weighted by Gasteiger charge is 2.60. The van der Waals surface area contributed by atoms with Gasteiger partial charge in [0.2, 0.25) is 11.8 Å². The fraction of sp³-hybridized carbons (Fsp3) is 0.824. The van der Waals surface area contributed by atoms with Gasteiger partial charge >= 0.3 is 0 Å². The average Bonchev–Trinajstić information content (AvgIpc) is 3.13. The molecule has 7 heteroatoms. The summed E-state index contributed by atoms with van der Waals surface area (Å²) in [6.45, 7) is 1.66. The third-order valence-electron chi connectivity index (χ3n) is 6.53. The summed E-state index contributed by atoms with van der Waals surface area (Å²) in [4.78, 5) is 16.7. The normalized spacial score (nSPS) is 27.9. The lowest BCUT2D eigenvalue weighted by atomic mass is 9.50. The molecule has 0 aromatic carbocycles. The SMILES string of the molecule is COC1CC(N(C)c2nnc(C(=O)N3CCCC3)n2C)C12CCC2. The molecule has 2 saturated carbocycles. The number of nitrogens with zero attached hydrogens (tertiary/aromatic N) is 5. The Hall–Kier alpha value is -1.63. The van der Waals surface area contributed by atoms with E-state index >= 15 is 0 Å². The maximum atomic E-state index is 12.6. The van der Waals surface area contributed by atoms with Crippen LogP contribution in [0.4, 0.5) is 5.95 Å². The highest BCUT2D eigenvalue weighted by Crippen LogP contribution is 2.59. The van der Waals surface area contributed by atoms with Gasteiger partial charge in [-0.15, -0.1) is 10.2 Å². The lowest BCUT2D eigenvalue weighted by Crippen LogP contribution is -2.67. The van der Waals surface area contributed by atoms with Crippen molar-refractivity contribution in [3.63, 3.8) is 0 Å². The monoisotopic (exact) mass is 333 g/mol. The minimum atomic E-state index is 0.00360. The standard InChI is InChI=1S/C17H27N5O2/c1-20(12-11-13(24-3)17(12)7-6-8-17)16-19-18-14(21(16)2)15(23)22-9-4-5-10-22/h12-13H,4-11H2,1-3H3. The molecule has 2 unspecified atom stereocenters. The number of carbonyl (C=O) groups excluding carboxylic acids is 1. The molecule has 7 nitrogen and oxygen atoms in total. The summed E-state index contributed by atoms with van der Waals surface area (Å²) >= 11 is 0. The molecule has 1 aromatic heterocycles. The minimum Gasteiger partial charge on any atom is -0.381 e. The Morgan fingerprint density at radius 2 is 1.96 bits per heavy atom. The molecule has 1 aliphatic heterocycles. The molecule has 3 aliphatic rings. The first kappa shape index (κ1) is 15.9. The molecule has 24 heavy (non-hydrogen) atoms. The zero-order valence-electron chi connectivity index (χ0n) is 14.9. The van der Waals surface area contributed by atoms with E-state index in [2.05, 4.69) is 22.1 Å². The highest BCUT2D eigenvalue weighted by atomic mass is 16.5. The van der Waals surface area contributed by atoms with E-state index in [0.29, 0.717) is 18.0 Å². The van der Waals surface area contributed by atoms with Gasteiger partial charge in [0.15, 0.2) is 0 Å². The topological polar surface area (TPSA) is 63.5 Å². The molecule has 132 valence electrons. The van der Waals surface area contributed by atoms with E-state index in [1.54, 1.807) is 0 Å². The van der Waals surface area contributed by atoms with Crippen molar-refractivity contribution in [3.05, 3.63) is 5.82 Å². The van der Waals surface area contributed by atoms with Crippen molar-refractivity contribution in [1.82, 2.24) is 19.7 Å². The Labute approximate surface area is 143 Å². The molecule has 2 aliphatic carbocycles. The van der Waals surface area contributed by atoms with Crippen LogP contribution < -0.4 is 4.90 Å². The molecule has 1 amide bonds. The van der Waals surface area contributed by atoms with Gasteiger partial charge in [-0.3, -0.25) is 9.36 Å². The fourth-order valence-corrected chi connectivity index (χ4v) is 4.86. The summed E-state index contributed by atoms with van der Waals surface area (Å²) < 4.78 is 7.53. The van der Waals surface area contributed by atoms with Crippen LogP contribution in [0.15, 0.2) is 0 Å². The largest absolute Gasteiger partial charge is 0.381 e. The van der Waals surface area contributed by atoms with Gasteiger partial charge < -0.3 is 14.5 Å². The smallest absolute Gasteiger partial charge is 0.291 e. The molecular formula is C17H27N5O2. The predicted molar refractivity (Wildman–Crippen MR) is 90.0 cm³/mol. The average molecular weight is 333 g/mol. The molecule has 2 heterocycles. The highest BCUT2D eigenvalue weighted by molar-refractivity contribution is 5.91. The second-order valence-electron chi connectivity index (χ2n) is 7.56. The van der Waals surface area contributed by atoms with Gasteiger partial charge in [-0.25, -0.2) is 0 Å². The van der Waals surface area contributed by atoms with E-state index in [9.17, 15) is 4.79 Å². The van der Waals surface area contributed by atoms with Crippen molar-refractivity contribution in [3.8, 4) is 0 Å². The number of rotatable bonds is 4. The van der Waals surface area contributed by atoms with Crippen LogP contribution in [-0.2, 0) is 11.8 Å². The molecule has 1 aromatic rings. The first-order valence-electron chi connectivity index (χ1n) is 9.03. The summed E-state index contributed by atoms with van der Waals surface area (Å²) in [5.74, 6) is 1.23. The Bertz CT molecular complexity index is 633. The van der Waals surface area contributed by atoms with Crippen molar-refractivity contribution in [2.24, 2.45) is 12.5 Å². The van der Waals surface area contributed by atoms with E-state index in [4.69, 9.17) is 4.74 Å². The molecule has 4 rings (SSSR count). The summed E-state index contributed by atoms with van der Waals surface area (Å²) in [5.41, 5.74) is 0.272. The van der Waals surface area contributed by atoms with Crippen LogP contribution >= 0.6 is 0 Å². The number of amides is 1. The van der Waals surface area contributed by atoms with E-state index in [1.165, 1.54) is 19.3 Å². The maximum Gasteiger partial charge on any atom is 0.291 e. The van der Waals surface area contributed by atoms with Crippen LogP contribution in [-0.4, -0.2) is 65.0 Å². The van der Waals surface area contributed by atoms with E-state index in [0.717, 1.165) is 38.3 Å². The predicted octanol–water partition coefficient (Wildman–Crippen LogP) is 1.44. The molecule has 1 spiro atoms. The lowest BCUT2D eigenvalue weighted by Gasteiger charge is -2.62. The molecule has 0 N–H and O–H groups in total. The number of anilines is 1. The number of hydrogen-bond donors (Lipinski definition) is 0. The number of hydrogen-bond acceptors (Lipinski definition) is 5. The molecular weight excluding hydrogens is 306 g/mol. The minimum absolute atomic E-state index is 0.00360.